The summed E-state index contributed by atoms with van der Waals surface area (Å²) in [4.78, 5) is 17.7. The van der Waals surface area contributed by atoms with Gasteiger partial charge in [-0.15, -0.1) is 0 Å². The predicted molar refractivity (Wildman–Crippen MR) is 98.3 cm³/mol. The Bertz CT molecular complexity index is 702. The zero-order valence-electron chi connectivity index (χ0n) is 14.9. The number of aliphatic hydroxyl groups is 1. The normalized spacial score (nSPS) is 18.5. The molecule has 0 bridgehead atoms. The summed E-state index contributed by atoms with van der Waals surface area (Å²) in [6.07, 6.45) is 0.724. The van der Waals surface area contributed by atoms with Crippen LogP contribution in [0.2, 0.25) is 0 Å². The lowest BCUT2D eigenvalue weighted by Crippen LogP contribution is -2.53. The van der Waals surface area contributed by atoms with Gasteiger partial charge in [0.25, 0.3) is 0 Å². The van der Waals surface area contributed by atoms with E-state index in [4.69, 9.17) is 5.73 Å². The molecule has 1 unspecified atom stereocenters. The number of aromatic nitrogens is 3. The number of hydrogen-bond donors (Lipinski definition) is 2. The summed E-state index contributed by atoms with van der Waals surface area (Å²) in [5, 5.41) is 9.49. The Morgan fingerprint density at radius 3 is 2.72 bits per heavy atom. The topological polar surface area (TPSA) is 91.4 Å². The molecule has 7 heteroatoms. The molecule has 0 amide bonds. The molecule has 3 N–H and O–H groups in total. The SMILES string of the molecule is Cc1cccc(CN2CCN(c3cc(C)nc(N)n3)CC2CCO)n1. The third-order valence-corrected chi connectivity index (χ3v) is 4.56. The van der Waals surface area contributed by atoms with E-state index < -0.39 is 0 Å². The molecule has 3 rings (SSSR count). The second-order valence-electron chi connectivity index (χ2n) is 6.58. The first-order valence-electron chi connectivity index (χ1n) is 8.68. The molecule has 1 aliphatic heterocycles. The van der Waals surface area contributed by atoms with E-state index in [1.807, 2.05) is 32.0 Å². The molecule has 0 saturated carbocycles. The van der Waals surface area contributed by atoms with Crippen molar-refractivity contribution in [2.45, 2.75) is 32.9 Å². The van der Waals surface area contributed by atoms with Gasteiger partial charge in [0, 0.05) is 56.3 Å². The number of piperazine rings is 1. The molecule has 2 aromatic rings. The van der Waals surface area contributed by atoms with Crippen molar-refractivity contribution in [2.75, 3.05) is 36.9 Å². The van der Waals surface area contributed by atoms with Crippen LogP contribution in [0.3, 0.4) is 0 Å². The minimum Gasteiger partial charge on any atom is -0.396 e. The second-order valence-corrected chi connectivity index (χ2v) is 6.58. The summed E-state index contributed by atoms with van der Waals surface area (Å²) < 4.78 is 0. The molecule has 1 atom stereocenters. The quantitative estimate of drug-likeness (QED) is 0.842. The lowest BCUT2D eigenvalue weighted by atomic mass is 10.1. The Kier molecular flexibility index (Phi) is 5.45. The van der Waals surface area contributed by atoms with E-state index >= 15 is 0 Å². The van der Waals surface area contributed by atoms with Gasteiger partial charge in [-0.1, -0.05) is 6.07 Å². The van der Waals surface area contributed by atoms with Crippen LogP contribution in [0.15, 0.2) is 24.3 Å². The molecule has 0 aromatic carbocycles. The molecule has 134 valence electrons. The summed E-state index contributed by atoms with van der Waals surface area (Å²) in [5.74, 6) is 1.17. The molecule has 3 heterocycles. The van der Waals surface area contributed by atoms with E-state index in [9.17, 15) is 5.11 Å². The van der Waals surface area contributed by atoms with E-state index in [-0.39, 0.29) is 12.6 Å². The Balaban J connectivity index is 1.73. The fourth-order valence-electron chi connectivity index (χ4n) is 3.36. The number of rotatable bonds is 5. The van der Waals surface area contributed by atoms with E-state index in [0.29, 0.717) is 5.95 Å². The molecule has 25 heavy (non-hydrogen) atoms. The molecular formula is C18H26N6O. The number of anilines is 2. The van der Waals surface area contributed by atoms with Crippen LogP contribution in [-0.4, -0.2) is 57.2 Å². The highest BCUT2D eigenvalue weighted by molar-refractivity contribution is 5.44. The summed E-state index contributed by atoms with van der Waals surface area (Å²) in [6.45, 7) is 7.46. The van der Waals surface area contributed by atoms with Crippen molar-refractivity contribution in [2.24, 2.45) is 0 Å². The fraction of sp³-hybridized carbons (Fsp3) is 0.500. The van der Waals surface area contributed by atoms with E-state index in [1.54, 1.807) is 0 Å². The Labute approximate surface area is 148 Å². The smallest absolute Gasteiger partial charge is 0.222 e. The molecule has 1 aliphatic rings. The van der Waals surface area contributed by atoms with Gasteiger partial charge in [0.1, 0.15) is 5.82 Å². The summed E-state index contributed by atoms with van der Waals surface area (Å²) >= 11 is 0. The summed E-state index contributed by atoms with van der Waals surface area (Å²) in [5.41, 5.74) is 8.76. The third-order valence-electron chi connectivity index (χ3n) is 4.56. The van der Waals surface area contributed by atoms with Crippen LogP contribution in [0, 0.1) is 13.8 Å². The standard InChI is InChI=1S/C18H26N6O/c1-13-4-3-5-15(20-13)11-23-7-8-24(12-16(23)6-9-25)17-10-14(2)21-18(19)22-17/h3-5,10,16,25H,6-9,11-12H2,1-2H3,(H2,19,21,22). The van der Waals surface area contributed by atoms with Crippen LogP contribution in [-0.2, 0) is 6.54 Å². The van der Waals surface area contributed by atoms with Gasteiger partial charge in [-0.25, -0.2) is 4.98 Å². The first kappa shape index (κ1) is 17.6. The van der Waals surface area contributed by atoms with E-state index in [2.05, 4.69) is 30.8 Å². The largest absolute Gasteiger partial charge is 0.396 e. The highest BCUT2D eigenvalue weighted by atomic mass is 16.3. The molecule has 1 saturated heterocycles. The zero-order valence-corrected chi connectivity index (χ0v) is 14.9. The van der Waals surface area contributed by atoms with Gasteiger partial charge in [0.2, 0.25) is 5.95 Å². The average molecular weight is 342 g/mol. The van der Waals surface area contributed by atoms with Crippen molar-refractivity contribution in [3.8, 4) is 0 Å². The van der Waals surface area contributed by atoms with Gasteiger partial charge in [0.15, 0.2) is 0 Å². The molecule has 0 radical (unpaired) electrons. The van der Waals surface area contributed by atoms with Crippen molar-refractivity contribution in [1.82, 2.24) is 19.9 Å². The van der Waals surface area contributed by atoms with Crippen LogP contribution >= 0.6 is 0 Å². The molecular weight excluding hydrogens is 316 g/mol. The van der Waals surface area contributed by atoms with Crippen molar-refractivity contribution in [1.29, 1.82) is 0 Å². The number of aryl methyl sites for hydroxylation is 2. The second kappa shape index (κ2) is 7.76. The molecule has 7 nitrogen and oxygen atoms in total. The summed E-state index contributed by atoms with van der Waals surface area (Å²) in [6, 6.07) is 8.32. The number of pyridine rings is 1. The third kappa shape index (κ3) is 4.43. The van der Waals surface area contributed by atoms with Gasteiger partial charge < -0.3 is 15.7 Å². The Morgan fingerprint density at radius 2 is 2.00 bits per heavy atom. The van der Waals surface area contributed by atoms with Crippen LogP contribution in [0.1, 0.15) is 23.5 Å². The lowest BCUT2D eigenvalue weighted by molar-refractivity contribution is 0.134. The maximum atomic E-state index is 9.49. The maximum Gasteiger partial charge on any atom is 0.222 e. The number of nitrogens with two attached hydrogens (primary N) is 1. The zero-order chi connectivity index (χ0) is 17.8. The van der Waals surface area contributed by atoms with Gasteiger partial charge in [-0.2, -0.15) is 4.98 Å². The molecule has 1 fully saturated rings. The lowest BCUT2D eigenvalue weighted by Gasteiger charge is -2.41. The predicted octanol–water partition coefficient (Wildman–Crippen LogP) is 1.14. The van der Waals surface area contributed by atoms with Crippen LogP contribution in [0.5, 0.6) is 0 Å². The number of nitrogen functional groups attached to an aromatic ring is 1. The monoisotopic (exact) mass is 342 g/mol. The van der Waals surface area contributed by atoms with Crippen molar-refractivity contribution >= 4 is 11.8 Å². The Morgan fingerprint density at radius 1 is 1.16 bits per heavy atom. The van der Waals surface area contributed by atoms with Gasteiger partial charge in [-0.3, -0.25) is 9.88 Å². The van der Waals surface area contributed by atoms with Crippen LogP contribution in [0.25, 0.3) is 0 Å². The van der Waals surface area contributed by atoms with Crippen LogP contribution < -0.4 is 10.6 Å². The maximum absolute atomic E-state index is 9.49. The number of hydrogen-bond acceptors (Lipinski definition) is 7. The average Bonchev–Trinajstić information content (AvgIpc) is 2.56. The molecule has 0 aliphatic carbocycles. The summed E-state index contributed by atoms with van der Waals surface area (Å²) in [7, 11) is 0. The fourth-order valence-corrected chi connectivity index (χ4v) is 3.36. The van der Waals surface area contributed by atoms with Crippen molar-refractivity contribution < 1.29 is 5.11 Å². The van der Waals surface area contributed by atoms with Crippen molar-refractivity contribution in [3.63, 3.8) is 0 Å². The first-order valence-corrected chi connectivity index (χ1v) is 8.68. The molecule has 0 spiro atoms. The number of aliphatic hydroxyl groups excluding tert-OH is 1. The highest BCUT2D eigenvalue weighted by Gasteiger charge is 2.28. The van der Waals surface area contributed by atoms with Gasteiger partial charge >= 0.3 is 0 Å². The minimum atomic E-state index is 0.168. The van der Waals surface area contributed by atoms with E-state index in [1.165, 1.54) is 0 Å². The number of nitrogens with zero attached hydrogens (tertiary/aromatic N) is 5. The minimum absolute atomic E-state index is 0.168. The highest BCUT2D eigenvalue weighted by Crippen LogP contribution is 2.21. The molecule has 2 aromatic heterocycles. The Hall–Kier alpha value is -2.25. The van der Waals surface area contributed by atoms with Gasteiger partial charge in [0.05, 0.1) is 5.69 Å². The first-order chi connectivity index (χ1) is 12.0. The van der Waals surface area contributed by atoms with Gasteiger partial charge in [-0.05, 0) is 32.4 Å². The van der Waals surface area contributed by atoms with E-state index in [0.717, 1.165) is 55.5 Å². The van der Waals surface area contributed by atoms with Crippen LogP contribution in [0.4, 0.5) is 11.8 Å². The van der Waals surface area contributed by atoms with Crippen molar-refractivity contribution in [3.05, 3.63) is 41.3 Å².